The van der Waals surface area contributed by atoms with Crippen LogP contribution in [0.2, 0.25) is 0 Å². The Morgan fingerprint density at radius 3 is 2.32 bits per heavy atom. The van der Waals surface area contributed by atoms with E-state index >= 15 is 0 Å². The highest BCUT2D eigenvalue weighted by Crippen LogP contribution is 2.29. The van der Waals surface area contributed by atoms with E-state index in [1.54, 1.807) is 11.3 Å². The number of anilines is 1. The highest BCUT2D eigenvalue weighted by Gasteiger charge is 2.06. The van der Waals surface area contributed by atoms with Gasteiger partial charge in [0.25, 0.3) is 0 Å². The van der Waals surface area contributed by atoms with Crippen molar-refractivity contribution in [3.8, 4) is 11.1 Å². The highest BCUT2D eigenvalue weighted by molar-refractivity contribution is 7.20. The van der Waals surface area contributed by atoms with Gasteiger partial charge in [0.1, 0.15) is 5.82 Å². The maximum absolute atomic E-state index is 4.16. The van der Waals surface area contributed by atoms with Gasteiger partial charge in [-0.3, -0.25) is 0 Å². The van der Waals surface area contributed by atoms with Crippen LogP contribution in [0, 0.1) is 6.92 Å². The molecule has 0 saturated heterocycles. The zero-order chi connectivity index (χ0) is 19.5. The zero-order valence-corrected chi connectivity index (χ0v) is 16.6. The third-order valence-corrected chi connectivity index (χ3v) is 5.84. The van der Waals surface area contributed by atoms with E-state index in [0.717, 1.165) is 16.3 Å². The summed E-state index contributed by atoms with van der Waals surface area (Å²) >= 11 is 1.72. The molecule has 0 aliphatic rings. The first-order chi connectivity index (χ1) is 13.6. The van der Waals surface area contributed by atoms with Gasteiger partial charge in [0, 0.05) is 16.1 Å². The third kappa shape index (κ3) is 3.85. The van der Waals surface area contributed by atoms with Crippen molar-refractivity contribution in [3.05, 3.63) is 108 Å². The van der Waals surface area contributed by atoms with Gasteiger partial charge in [-0.2, -0.15) is 0 Å². The van der Waals surface area contributed by atoms with Crippen molar-refractivity contribution in [3.63, 3.8) is 0 Å². The molecule has 4 rings (SSSR count). The van der Waals surface area contributed by atoms with E-state index in [1.807, 2.05) is 0 Å². The van der Waals surface area contributed by atoms with E-state index in [4.69, 9.17) is 0 Å². The molecule has 2 N–H and O–H groups in total. The lowest BCUT2D eigenvalue weighted by Crippen LogP contribution is -2.16. The van der Waals surface area contributed by atoms with Crippen molar-refractivity contribution in [2.45, 2.75) is 6.92 Å². The van der Waals surface area contributed by atoms with Crippen LogP contribution in [-0.2, 0) is 0 Å². The van der Waals surface area contributed by atoms with Crippen molar-refractivity contribution in [2.75, 3.05) is 5.32 Å². The number of benzene rings is 3. The molecule has 0 spiro atoms. The summed E-state index contributed by atoms with van der Waals surface area (Å²) in [5.74, 6) is 0.700. The fourth-order valence-corrected chi connectivity index (χ4v) is 4.20. The van der Waals surface area contributed by atoms with E-state index in [1.165, 1.54) is 26.8 Å². The highest BCUT2D eigenvalue weighted by atomic mass is 32.1. The number of rotatable bonds is 6. The standard InChI is InChI=1S/C25H22N2S/c1-17-8-4-6-10-23(17)20-12-14-22(15-13-20)27-19(3)26-18(2)25-16-21-9-5-7-11-24(21)28-25/h4-16,26-27H,2-3H2,1H3. The lowest BCUT2D eigenvalue weighted by Gasteiger charge is -2.14. The van der Waals surface area contributed by atoms with Crippen LogP contribution in [-0.4, -0.2) is 0 Å². The van der Waals surface area contributed by atoms with Gasteiger partial charge in [0.2, 0.25) is 0 Å². The van der Waals surface area contributed by atoms with Crippen molar-refractivity contribution in [2.24, 2.45) is 0 Å². The summed E-state index contributed by atoms with van der Waals surface area (Å²) in [5.41, 5.74) is 5.56. The molecular weight excluding hydrogens is 360 g/mol. The van der Waals surface area contributed by atoms with Crippen LogP contribution in [0.5, 0.6) is 0 Å². The number of hydrogen-bond donors (Lipinski definition) is 2. The number of hydrogen-bond acceptors (Lipinski definition) is 3. The Labute approximate surface area is 169 Å². The van der Waals surface area contributed by atoms with Gasteiger partial charge in [-0.1, -0.05) is 67.8 Å². The molecule has 0 amide bonds. The molecule has 0 aliphatic carbocycles. The van der Waals surface area contributed by atoms with Gasteiger partial charge in [-0.05, 0) is 53.3 Å². The summed E-state index contributed by atoms with van der Waals surface area (Å²) in [6.07, 6.45) is 0. The quantitative estimate of drug-likeness (QED) is 0.374. The minimum Gasteiger partial charge on any atom is -0.342 e. The van der Waals surface area contributed by atoms with Crippen molar-refractivity contribution in [1.29, 1.82) is 0 Å². The van der Waals surface area contributed by atoms with Crippen LogP contribution in [0.4, 0.5) is 5.69 Å². The van der Waals surface area contributed by atoms with E-state index in [9.17, 15) is 0 Å². The first kappa shape index (κ1) is 18.1. The predicted octanol–water partition coefficient (Wildman–Crippen LogP) is 7.02. The number of fused-ring (bicyclic) bond motifs is 1. The summed E-state index contributed by atoms with van der Waals surface area (Å²) in [4.78, 5) is 1.11. The lowest BCUT2D eigenvalue weighted by molar-refractivity contribution is 1.11. The maximum atomic E-state index is 4.16. The van der Waals surface area contributed by atoms with Crippen LogP contribution in [0.1, 0.15) is 10.4 Å². The van der Waals surface area contributed by atoms with E-state index in [2.05, 4.69) is 110 Å². The van der Waals surface area contributed by atoms with Crippen LogP contribution in [0.25, 0.3) is 26.9 Å². The molecule has 0 radical (unpaired) electrons. The Balaban J connectivity index is 1.42. The molecule has 0 aliphatic heterocycles. The molecular formula is C25H22N2S. The molecule has 2 nitrogen and oxygen atoms in total. The van der Waals surface area contributed by atoms with Crippen LogP contribution < -0.4 is 10.6 Å². The summed E-state index contributed by atoms with van der Waals surface area (Å²) in [6.45, 7) is 10.4. The summed E-state index contributed by atoms with van der Waals surface area (Å²) in [5, 5.41) is 7.81. The maximum Gasteiger partial charge on any atom is 0.100 e. The number of nitrogens with one attached hydrogen (secondary N) is 2. The molecule has 138 valence electrons. The largest absolute Gasteiger partial charge is 0.342 e. The topological polar surface area (TPSA) is 24.1 Å². The fraction of sp³-hybridized carbons (Fsp3) is 0.0400. The number of thiophene rings is 1. The molecule has 28 heavy (non-hydrogen) atoms. The van der Waals surface area contributed by atoms with Crippen LogP contribution >= 0.6 is 11.3 Å². The molecule has 1 heterocycles. The van der Waals surface area contributed by atoms with Crippen molar-refractivity contribution >= 4 is 32.8 Å². The summed E-state index contributed by atoms with van der Waals surface area (Å²) < 4.78 is 1.26. The van der Waals surface area contributed by atoms with E-state index in [0.29, 0.717) is 5.82 Å². The molecule has 3 heteroatoms. The predicted molar refractivity (Wildman–Crippen MR) is 123 cm³/mol. The first-order valence-corrected chi connectivity index (χ1v) is 9.99. The molecule has 3 aromatic carbocycles. The molecule has 1 aromatic heterocycles. The van der Waals surface area contributed by atoms with Gasteiger partial charge in [0.05, 0.1) is 4.88 Å². The van der Waals surface area contributed by atoms with Gasteiger partial charge in [-0.15, -0.1) is 11.3 Å². The van der Waals surface area contributed by atoms with E-state index in [-0.39, 0.29) is 0 Å². The lowest BCUT2D eigenvalue weighted by atomic mass is 10.0. The first-order valence-electron chi connectivity index (χ1n) is 9.17. The van der Waals surface area contributed by atoms with Crippen LogP contribution in [0.15, 0.2) is 97.8 Å². The Kier molecular flexibility index (Phi) is 5.00. The Morgan fingerprint density at radius 1 is 0.857 bits per heavy atom. The Hall–Kier alpha value is -3.30. The van der Waals surface area contributed by atoms with E-state index < -0.39 is 0 Å². The van der Waals surface area contributed by atoms with Gasteiger partial charge in [0.15, 0.2) is 0 Å². The summed E-state index contributed by atoms with van der Waals surface area (Å²) in [7, 11) is 0. The normalized spacial score (nSPS) is 10.6. The molecule has 0 bridgehead atoms. The summed E-state index contributed by atoms with van der Waals surface area (Å²) in [6, 6.07) is 27.3. The average Bonchev–Trinajstić information content (AvgIpc) is 3.13. The Morgan fingerprint density at radius 2 is 1.57 bits per heavy atom. The fourth-order valence-electron chi connectivity index (χ4n) is 3.21. The molecule has 0 atom stereocenters. The minimum absolute atomic E-state index is 0.700. The van der Waals surface area contributed by atoms with Crippen molar-refractivity contribution in [1.82, 2.24) is 5.32 Å². The van der Waals surface area contributed by atoms with Crippen LogP contribution in [0.3, 0.4) is 0 Å². The number of aryl methyl sites for hydroxylation is 1. The van der Waals surface area contributed by atoms with Gasteiger partial charge >= 0.3 is 0 Å². The molecule has 0 fully saturated rings. The average molecular weight is 383 g/mol. The van der Waals surface area contributed by atoms with Crippen molar-refractivity contribution < 1.29 is 0 Å². The molecule has 0 unspecified atom stereocenters. The SMILES string of the molecule is C=C(NC(=C)c1cc2ccccc2s1)Nc1ccc(-c2ccccc2C)cc1. The second-order valence-electron chi connectivity index (χ2n) is 6.75. The van der Waals surface area contributed by atoms with Gasteiger partial charge in [-0.25, -0.2) is 0 Å². The zero-order valence-electron chi connectivity index (χ0n) is 15.8. The monoisotopic (exact) mass is 382 g/mol. The third-order valence-electron chi connectivity index (χ3n) is 4.66. The molecule has 0 saturated carbocycles. The minimum atomic E-state index is 0.700. The second kappa shape index (κ2) is 7.75. The van der Waals surface area contributed by atoms with Gasteiger partial charge < -0.3 is 10.6 Å². The smallest absolute Gasteiger partial charge is 0.100 e. The Bertz CT molecular complexity index is 1120. The molecule has 4 aromatic rings. The second-order valence-corrected chi connectivity index (χ2v) is 7.83.